The number of alkyl halides is 2. The minimum Gasteiger partial charge on any atom is -0.352 e. The molecule has 1 unspecified atom stereocenters. The number of nitrogens with one attached hydrogen (secondary N) is 2. The maximum absolute atomic E-state index is 12.8. The number of likely N-dealkylation sites (tertiary alicyclic amines) is 1. The first-order chi connectivity index (χ1) is 16.4. The van der Waals surface area contributed by atoms with Crippen molar-refractivity contribution in [3.63, 3.8) is 0 Å². The fourth-order valence-electron chi connectivity index (χ4n) is 3.74. The van der Waals surface area contributed by atoms with Crippen LogP contribution in [0.1, 0.15) is 42.0 Å². The molecule has 9 nitrogen and oxygen atoms in total. The molecule has 12 heteroatoms. The van der Waals surface area contributed by atoms with Crippen LogP contribution in [-0.4, -0.2) is 62.2 Å². The highest BCUT2D eigenvalue weighted by Gasteiger charge is 2.33. The Morgan fingerprint density at radius 2 is 1.91 bits per heavy atom. The average molecular weight is 491 g/mol. The first-order valence-electron chi connectivity index (χ1n) is 10.9. The number of hydrogen-bond acceptors (Lipinski definition) is 6. The lowest BCUT2D eigenvalue weighted by Gasteiger charge is -2.16. The van der Waals surface area contributed by atoms with E-state index in [-0.39, 0.29) is 42.9 Å². The second-order valence-electron chi connectivity index (χ2n) is 7.90. The molecule has 1 aromatic heterocycles. The number of amides is 3. The van der Waals surface area contributed by atoms with Crippen molar-refractivity contribution in [3.8, 4) is 0 Å². The number of imidazole rings is 1. The zero-order valence-corrected chi connectivity index (χ0v) is 19.1. The predicted molar refractivity (Wildman–Crippen MR) is 124 cm³/mol. The molecular formula is C22H24F2N6O3S. The number of carbonyl (C=O) groups is 3. The van der Waals surface area contributed by atoms with E-state index in [1.54, 1.807) is 24.3 Å². The summed E-state index contributed by atoms with van der Waals surface area (Å²) >= 11 is 1.34. The smallest absolute Gasteiger partial charge is 0.319 e. The number of nitrogens with zero attached hydrogens (tertiary/aromatic N) is 4. The molecule has 1 saturated heterocycles. The molecule has 2 N–H and O–H groups in total. The first-order valence-corrected chi connectivity index (χ1v) is 11.8. The van der Waals surface area contributed by atoms with Crippen LogP contribution in [0.25, 0.3) is 0 Å². The van der Waals surface area contributed by atoms with E-state index in [1.807, 2.05) is 0 Å². The van der Waals surface area contributed by atoms with Crippen LogP contribution in [0.3, 0.4) is 0 Å². The molecule has 0 spiro atoms. The molecule has 1 aromatic carbocycles. The summed E-state index contributed by atoms with van der Waals surface area (Å²) in [6, 6.07) is 6.28. The number of carbonyl (C=O) groups excluding carboxylic acids is 3. The monoisotopic (exact) mass is 490 g/mol. The molecule has 34 heavy (non-hydrogen) atoms. The predicted octanol–water partition coefficient (Wildman–Crippen LogP) is 2.67. The molecule has 2 aromatic rings. The number of hydrogen-bond donors (Lipinski definition) is 2. The third kappa shape index (κ3) is 5.79. The summed E-state index contributed by atoms with van der Waals surface area (Å²) in [5, 5.41) is 5.57. The van der Waals surface area contributed by atoms with Gasteiger partial charge in [-0.25, -0.2) is 4.98 Å². The topological polar surface area (TPSA) is 109 Å². The summed E-state index contributed by atoms with van der Waals surface area (Å²) < 4.78 is 26.4. The van der Waals surface area contributed by atoms with Crippen LogP contribution in [0, 0.1) is 0 Å². The Morgan fingerprint density at radius 1 is 1.18 bits per heavy atom. The van der Waals surface area contributed by atoms with Crippen molar-refractivity contribution in [1.29, 1.82) is 0 Å². The molecule has 0 aliphatic carbocycles. The fraction of sp³-hybridized carbons (Fsp3) is 0.409. The number of amidine groups is 1. The van der Waals surface area contributed by atoms with Crippen LogP contribution in [0.2, 0.25) is 0 Å². The van der Waals surface area contributed by atoms with Crippen LogP contribution < -0.4 is 10.6 Å². The van der Waals surface area contributed by atoms with Crippen LogP contribution >= 0.6 is 11.8 Å². The fourth-order valence-corrected chi connectivity index (χ4v) is 4.86. The van der Waals surface area contributed by atoms with Crippen LogP contribution in [-0.2, 0) is 16.0 Å². The van der Waals surface area contributed by atoms with E-state index < -0.39 is 11.8 Å². The van der Waals surface area contributed by atoms with Gasteiger partial charge in [0.2, 0.25) is 5.91 Å². The Morgan fingerprint density at radius 3 is 2.62 bits per heavy atom. The molecule has 3 heterocycles. The van der Waals surface area contributed by atoms with E-state index in [1.165, 1.54) is 24.2 Å². The standard InChI is InChI=1S/C22H24F2N6O3S/c23-21(24)30-12-9-25-17(30)7-8-26-19(32)14-3-5-15(6-4-14)27-18(31)13-16-20(33)28-22(34-16)29-10-1-2-11-29/h3-6,9,12,16,21H,1-2,7-8,10-11,13H2,(H,26,32)(H,27,31). The number of anilines is 1. The third-order valence-electron chi connectivity index (χ3n) is 5.50. The van der Waals surface area contributed by atoms with Crippen molar-refractivity contribution in [2.75, 3.05) is 25.0 Å². The normalized spacial score (nSPS) is 17.9. The van der Waals surface area contributed by atoms with Gasteiger partial charge >= 0.3 is 6.55 Å². The van der Waals surface area contributed by atoms with Crippen molar-refractivity contribution in [2.24, 2.45) is 4.99 Å². The van der Waals surface area contributed by atoms with Crippen LogP contribution in [0.4, 0.5) is 14.5 Å². The van der Waals surface area contributed by atoms with Gasteiger partial charge in [0.1, 0.15) is 11.1 Å². The summed E-state index contributed by atoms with van der Waals surface area (Å²) in [5.74, 6) is -0.779. The largest absolute Gasteiger partial charge is 0.352 e. The van der Waals surface area contributed by atoms with E-state index in [9.17, 15) is 23.2 Å². The molecule has 0 bridgehead atoms. The van der Waals surface area contributed by atoms with Gasteiger partial charge in [0.15, 0.2) is 5.17 Å². The van der Waals surface area contributed by atoms with E-state index in [4.69, 9.17) is 0 Å². The quantitative estimate of drug-likeness (QED) is 0.589. The first kappa shape index (κ1) is 23.9. The van der Waals surface area contributed by atoms with Crippen molar-refractivity contribution in [1.82, 2.24) is 19.8 Å². The maximum Gasteiger partial charge on any atom is 0.319 e. The molecule has 2 aliphatic heterocycles. The Bertz CT molecular complexity index is 1080. The zero-order valence-electron chi connectivity index (χ0n) is 18.2. The van der Waals surface area contributed by atoms with E-state index in [0.29, 0.717) is 16.4 Å². The molecule has 0 saturated carbocycles. The van der Waals surface area contributed by atoms with E-state index in [0.717, 1.165) is 30.5 Å². The summed E-state index contributed by atoms with van der Waals surface area (Å²) in [6.07, 6.45) is 4.82. The summed E-state index contributed by atoms with van der Waals surface area (Å²) in [7, 11) is 0. The Kier molecular flexibility index (Phi) is 7.56. The van der Waals surface area contributed by atoms with Gasteiger partial charge in [-0.3, -0.25) is 19.0 Å². The lowest BCUT2D eigenvalue weighted by atomic mass is 10.2. The number of halogens is 2. The lowest BCUT2D eigenvalue weighted by Crippen LogP contribution is -2.26. The third-order valence-corrected chi connectivity index (χ3v) is 6.71. The van der Waals surface area contributed by atoms with Crippen LogP contribution in [0.15, 0.2) is 41.7 Å². The van der Waals surface area contributed by atoms with Gasteiger partial charge in [-0.05, 0) is 37.1 Å². The average Bonchev–Trinajstić information content (AvgIpc) is 3.56. The van der Waals surface area contributed by atoms with Gasteiger partial charge < -0.3 is 15.5 Å². The maximum atomic E-state index is 12.8. The number of benzene rings is 1. The summed E-state index contributed by atoms with van der Waals surface area (Å²) in [6.45, 7) is -0.757. The molecule has 3 amide bonds. The Labute approximate surface area is 199 Å². The van der Waals surface area contributed by atoms with Gasteiger partial charge in [0, 0.05) is 56.1 Å². The van der Waals surface area contributed by atoms with Crippen molar-refractivity contribution >= 4 is 40.3 Å². The number of aromatic nitrogens is 2. The number of thioether (sulfide) groups is 1. The van der Waals surface area contributed by atoms with Crippen molar-refractivity contribution < 1.29 is 23.2 Å². The van der Waals surface area contributed by atoms with E-state index in [2.05, 4.69) is 25.5 Å². The zero-order chi connectivity index (χ0) is 24.1. The highest BCUT2D eigenvalue weighted by Crippen LogP contribution is 2.29. The second-order valence-corrected chi connectivity index (χ2v) is 9.07. The molecular weight excluding hydrogens is 466 g/mol. The van der Waals surface area contributed by atoms with Gasteiger partial charge in [0.25, 0.3) is 11.8 Å². The SMILES string of the molecule is O=C(CC1SC(N2CCCC2)=NC1=O)Nc1ccc(C(=O)NCCc2nccn2C(F)F)cc1. The van der Waals surface area contributed by atoms with Crippen molar-refractivity contribution in [3.05, 3.63) is 48.0 Å². The molecule has 2 aliphatic rings. The molecule has 180 valence electrons. The van der Waals surface area contributed by atoms with Crippen LogP contribution in [0.5, 0.6) is 0 Å². The molecule has 1 fully saturated rings. The van der Waals surface area contributed by atoms with Gasteiger partial charge in [-0.15, -0.1) is 0 Å². The molecule has 1 atom stereocenters. The highest BCUT2D eigenvalue weighted by atomic mass is 32.2. The van der Waals surface area contributed by atoms with Gasteiger partial charge in [-0.2, -0.15) is 13.8 Å². The summed E-state index contributed by atoms with van der Waals surface area (Å²) in [5.41, 5.74) is 0.858. The van der Waals surface area contributed by atoms with Crippen molar-refractivity contribution in [2.45, 2.75) is 37.5 Å². The van der Waals surface area contributed by atoms with Gasteiger partial charge in [-0.1, -0.05) is 11.8 Å². The lowest BCUT2D eigenvalue weighted by molar-refractivity contribution is -0.121. The Balaban J connectivity index is 1.22. The minimum absolute atomic E-state index is 0.0148. The highest BCUT2D eigenvalue weighted by molar-refractivity contribution is 8.15. The van der Waals surface area contributed by atoms with E-state index >= 15 is 0 Å². The molecule has 4 rings (SSSR count). The minimum atomic E-state index is -2.68. The molecule has 0 radical (unpaired) electrons. The summed E-state index contributed by atoms with van der Waals surface area (Å²) in [4.78, 5) is 46.9. The number of aliphatic imine (C=N–C) groups is 1. The number of rotatable bonds is 8. The Hall–Kier alpha value is -3.28. The second kappa shape index (κ2) is 10.8. The van der Waals surface area contributed by atoms with Gasteiger partial charge in [0.05, 0.1) is 0 Å².